The Labute approximate surface area is 110 Å². The van der Waals surface area contributed by atoms with E-state index in [2.05, 4.69) is 10.2 Å². The minimum absolute atomic E-state index is 0.152. The minimum atomic E-state index is -0.264. The molecule has 1 aromatic carbocycles. The summed E-state index contributed by atoms with van der Waals surface area (Å²) in [5.74, 6) is 0.861. The molecule has 18 heavy (non-hydrogen) atoms. The largest absolute Gasteiger partial charge is 0.496 e. The van der Waals surface area contributed by atoms with Gasteiger partial charge >= 0.3 is 0 Å². The predicted octanol–water partition coefficient (Wildman–Crippen LogP) is 2.49. The third kappa shape index (κ3) is 2.38. The van der Waals surface area contributed by atoms with Crippen LogP contribution in [-0.4, -0.2) is 17.3 Å². The molecule has 0 aliphatic heterocycles. The van der Waals surface area contributed by atoms with E-state index >= 15 is 0 Å². The molecule has 1 N–H and O–H groups in total. The zero-order valence-corrected chi connectivity index (χ0v) is 10.9. The number of hydrogen-bond acceptors (Lipinski definition) is 3. The number of alkyl halides is 1. The molecule has 0 saturated heterocycles. The van der Waals surface area contributed by atoms with Crippen LogP contribution in [0.15, 0.2) is 29.1 Å². The van der Waals surface area contributed by atoms with E-state index in [-0.39, 0.29) is 11.4 Å². The molecule has 0 unspecified atom stereocenters. The highest BCUT2D eigenvalue weighted by atomic mass is 35.5. The van der Waals surface area contributed by atoms with Gasteiger partial charge in [-0.05, 0) is 25.1 Å². The molecule has 0 amide bonds. The van der Waals surface area contributed by atoms with Gasteiger partial charge in [-0.2, -0.15) is 5.10 Å². The Morgan fingerprint density at radius 2 is 2.17 bits per heavy atom. The summed E-state index contributed by atoms with van der Waals surface area (Å²) in [6.07, 6.45) is 0. The fraction of sp³-hybridized carbons (Fsp3) is 0.231. The number of hydrogen-bond donors (Lipinski definition) is 1. The Hall–Kier alpha value is -1.81. The topological polar surface area (TPSA) is 55.0 Å². The molecule has 0 atom stereocenters. The maximum absolute atomic E-state index is 11.4. The second-order valence-corrected chi connectivity index (χ2v) is 4.21. The summed E-state index contributed by atoms with van der Waals surface area (Å²) >= 11 is 5.72. The lowest BCUT2D eigenvalue weighted by atomic mass is 10.1. The summed E-state index contributed by atoms with van der Waals surface area (Å²) in [4.78, 5) is 11.4. The highest BCUT2D eigenvalue weighted by Crippen LogP contribution is 2.29. The molecule has 0 radical (unpaired) electrons. The summed E-state index contributed by atoms with van der Waals surface area (Å²) in [5.41, 5.74) is 2.79. The number of nitrogens with one attached hydrogen (secondary N) is 1. The number of nitrogens with zero attached hydrogens (tertiary/aromatic N) is 1. The third-order valence-electron chi connectivity index (χ3n) is 2.66. The van der Waals surface area contributed by atoms with Gasteiger partial charge in [0.05, 0.1) is 18.7 Å². The molecular formula is C13H13ClN2O2. The fourth-order valence-electron chi connectivity index (χ4n) is 1.70. The van der Waals surface area contributed by atoms with Gasteiger partial charge in [0.1, 0.15) is 5.75 Å². The Morgan fingerprint density at radius 3 is 2.83 bits per heavy atom. The van der Waals surface area contributed by atoms with Crippen LogP contribution in [0, 0.1) is 6.92 Å². The lowest BCUT2D eigenvalue weighted by molar-refractivity contribution is 0.416. The number of ether oxygens (including phenoxy) is 1. The summed E-state index contributed by atoms with van der Waals surface area (Å²) in [5, 5.41) is 6.47. The predicted molar refractivity (Wildman–Crippen MR) is 71.1 cm³/mol. The lowest BCUT2D eigenvalue weighted by Crippen LogP contribution is -2.13. The summed E-state index contributed by atoms with van der Waals surface area (Å²) in [6, 6.07) is 7.47. The van der Waals surface area contributed by atoms with E-state index in [1.807, 2.05) is 25.1 Å². The second kappa shape index (κ2) is 5.23. The lowest BCUT2D eigenvalue weighted by Gasteiger charge is -2.09. The number of methoxy groups -OCH3 is 1. The van der Waals surface area contributed by atoms with Gasteiger partial charge in [0, 0.05) is 11.1 Å². The van der Waals surface area contributed by atoms with E-state index in [0.717, 1.165) is 11.1 Å². The molecule has 1 heterocycles. The van der Waals surface area contributed by atoms with Crippen molar-refractivity contribution in [1.82, 2.24) is 10.2 Å². The molecule has 0 spiro atoms. The van der Waals surface area contributed by atoms with E-state index in [9.17, 15) is 4.79 Å². The highest BCUT2D eigenvalue weighted by Gasteiger charge is 2.10. The van der Waals surface area contributed by atoms with Gasteiger partial charge in [0.2, 0.25) is 0 Å². The SMILES string of the molecule is COc1ccc(C)cc1-c1cc(CCl)c(=O)[nH]n1. The number of aryl methyl sites for hydroxylation is 1. The first kappa shape index (κ1) is 12.6. The molecule has 94 valence electrons. The van der Waals surface area contributed by atoms with E-state index in [4.69, 9.17) is 16.3 Å². The van der Waals surface area contributed by atoms with Crippen molar-refractivity contribution in [1.29, 1.82) is 0 Å². The first-order valence-corrected chi connectivity index (χ1v) is 5.98. The standard InChI is InChI=1S/C13H13ClN2O2/c1-8-3-4-12(18-2)10(5-8)11-6-9(7-14)13(17)16-15-11/h3-6H,7H2,1-2H3,(H,16,17). The molecule has 2 rings (SSSR count). The van der Waals surface area contributed by atoms with Crippen molar-refractivity contribution in [3.63, 3.8) is 0 Å². The Morgan fingerprint density at radius 1 is 1.39 bits per heavy atom. The Balaban J connectivity index is 2.61. The Kier molecular flexibility index (Phi) is 3.67. The molecule has 0 aliphatic carbocycles. The molecule has 1 aromatic heterocycles. The van der Waals surface area contributed by atoms with Crippen molar-refractivity contribution in [3.8, 4) is 17.0 Å². The number of aromatic amines is 1. The Bertz CT molecular complexity index is 623. The van der Waals surface area contributed by atoms with Gasteiger partial charge in [-0.3, -0.25) is 4.79 Å². The fourth-order valence-corrected chi connectivity index (χ4v) is 1.90. The number of benzene rings is 1. The van der Waals surface area contributed by atoms with Crippen molar-refractivity contribution in [2.24, 2.45) is 0 Å². The normalized spacial score (nSPS) is 10.4. The average Bonchev–Trinajstić information content (AvgIpc) is 2.39. The number of aromatic nitrogens is 2. The van der Waals surface area contributed by atoms with Crippen LogP contribution in [0.5, 0.6) is 5.75 Å². The first-order valence-electron chi connectivity index (χ1n) is 5.45. The van der Waals surface area contributed by atoms with Gasteiger partial charge in [-0.1, -0.05) is 11.6 Å². The molecular weight excluding hydrogens is 252 g/mol. The average molecular weight is 265 g/mol. The summed E-state index contributed by atoms with van der Waals surface area (Å²) in [6.45, 7) is 1.98. The van der Waals surface area contributed by atoms with Crippen LogP contribution < -0.4 is 10.3 Å². The molecule has 2 aromatic rings. The smallest absolute Gasteiger partial charge is 0.268 e. The second-order valence-electron chi connectivity index (χ2n) is 3.94. The van der Waals surface area contributed by atoms with Crippen molar-refractivity contribution < 1.29 is 4.74 Å². The number of halogens is 1. The molecule has 0 fully saturated rings. The maximum Gasteiger partial charge on any atom is 0.268 e. The van der Waals surface area contributed by atoms with Crippen LogP contribution >= 0.6 is 11.6 Å². The summed E-state index contributed by atoms with van der Waals surface area (Å²) < 4.78 is 5.29. The van der Waals surface area contributed by atoms with E-state index < -0.39 is 0 Å². The van der Waals surface area contributed by atoms with Crippen LogP contribution in [0.3, 0.4) is 0 Å². The van der Waals surface area contributed by atoms with Crippen molar-refractivity contribution in [3.05, 3.63) is 45.7 Å². The van der Waals surface area contributed by atoms with Crippen LogP contribution in [0.2, 0.25) is 0 Å². The zero-order valence-electron chi connectivity index (χ0n) is 10.2. The monoisotopic (exact) mass is 264 g/mol. The third-order valence-corrected chi connectivity index (χ3v) is 2.94. The minimum Gasteiger partial charge on any atom is -0.496 e. The van der Waals surface area contributed by atoms with Crippen LogP contribution in [0.25, 0.3) is 11.3 Å². The van der Waals surface area contributed by atoms with E-state index in [0.29, 0.717) is 17.0 Å². The molecule has 0 saturated carbocycles. The van der Waals surface area contributed by atoms with Crippen molar-refractivity contribution in [2.75, 3.05) is 7.11 Å². The van der Waals surface area contributed by atoms with Gasteiger partial charge in [-0.15, -0.1) is 11.6 Å². The molecule has 4 nitrogen and oxygen atoms in total. The van der Waals surface area contributed by atoms with Crippen LogP contribution in [-0.2, 0) is 5.88 Å². The molecule has 5 heteroatoms. The molecule has 0 aliphatic rings. The van der Waals surface area contributed by atoms with E-state index in [1.54, 1.807) is 13.2 Å². The molecule has 0 bridgehead atoms. The first-order chi connectivity index (χ1) is 8.65. The highest BCUT2D eigenvalue weighted by molar-refractivity contribution is 6.17. The van der Waals surface area contributed by atoms with Gasteiger partial charge in [-0.25, -0.2) is 5.10 Å². The summed E-state index contributed by atoms with van der Waals surface area (Å²) in [7, 11) is 1.60. The zero-order chi connectivity index (χ0) is 13.1. The van der Waals surface area contributed by atoms with Crippen LogP contribution in [0.1, 0.15) is 11.1 Å². The maximum atomic E-state index is 11.4. The van der Waals surface area contributed by atoms with Crippen molar-refractivity contribution in [2.45, 2.75) is 12.8 Å². The van der Waals surface area contributed by atoms with E-state index in [1.165, 1.54) is 0 Å². The van der Waals surface area contributed by atoms with Crippen molar-refractivity contribution >= 4 is 11.6 Å². The quantitative estimate of drug-likeness (QED) is 0.867. The number of rotatable bonds is 3. The van der Waals surface area contributed by atoms with Gasteiger partial charge < -0.3 is 4.74 Å². The number of H-pyrrole nitrogens is 1. The van der Waals surface area contributed by atoms with Crippen LogP contribution in [0.4, 0.5) is 0 Å². The van der Waals surface area contributed by atoms with Gasteiger partial charge in [0.15, 0.2) is 0 Å². The van der Waals surface area contributed by atoms with Gasteiger partial charge in [0.25, 0.3) is 5.56 Å².